The minimum Gasteiger partial charge on any atom is -0.480 e. The topological polar surface area (TPSA) is 87.1 Å². The zero-order valence-corrected chi connectivity index (χ0v) is 13.9. The number of aliphatic carboxylic acids is 1. The van der Waals surface area contributed by atoms with Gasteiger partial charge in [-0.15, -0.1) is 0 Å². The van der Waals surface area contributed by atoms with Gasteiger partial charge in [0.2, 0.25) is 5.95 Å². The summed E-state index contributed by atoms with van der Waals surface area (Å²) in [4.78, 5) is 19.9. The van der Waals surface area contributed by atoms with Crippen molar-refractivity contribution >= 4 is 11.9 Å². The molecule has 0 saturated heterocycles. The molecule has 3 N–H and O–H groups in total. The molecule has 24 heavy (non-hydrogen) atoms. The average Bonchev–Trinajstić information content (AvgIpc) is 2.60. The third-order valence-corrected chi connectivity index (χ3v) is 3.65. The highest BCUT2D eigenvalue weighted by atomic mass is 16.4. The summed E-state index contributed by atoms with van der Waals surface area (Å²) >= 11 is 0. The Morgan fingerprint density at radius 2 is 1.88 bits per heavy atom. The molecule has 2 rings (SSSR count). The molecule has 0 radical (unpaired) electrons. The lowest BCUT2D eigenvalue weighted by atomic mass is 10.1. The fourth-order valence-electron chi connectivity index (χ4n) is 2.25. The number of nitrogens with zero attached hydrogens (tertiary/aromatic N) is 2. The Morgan fingerprint density at radius 1 is 1.17 bits per heavy atom. The lowest BCUT2D eigenvalue weighted by Gasteiger charge is -2.14. The maximum Gasteiger partial charge on any atom is 0.321 e. The van der Waals surface area contributed by atoms with Crippen molar-refractivity contribution in [2.75, 3.05) is 11.9 Å². The van der Waals surface area contributed by atoms with Crippen molar-refractivity contribution in [2.24, 2.45) is 0 Å². The van der Waals surface area contributed by atoms with E-state index in [0.29, 0.717) is 18.9 Å². The Kier molecular flexibility index (Phi) is 7.17. The summed E-state index contributed by atoms with van der Waals surface area (Å²) in [5, 5.41) is 15.6. The highest BCUT2D eigenvalue weighted by molar-refractivity contribution is 5.73. The van der Waals surface area contributed by atoms with Crippen LogP contribution < -0.4 is 10.6 Å². The summed E-state index contributed by atoms with van der Waals surface area (Å²) < 4.78 is 0. The lowest BCUT2D eigenvalue weighted by molar-refractivity contribution is -0.139. The van der Waals surface area contributed by atoms with Crippen LogP contribution >= 0.6 is 0 Å². The summed E-state index contributed by atoms with van der Waals surface area (Å²) in [6.07, 6.45) is 6.07. The Hall–Kier alpha value is -2.47. The second-order valence-corrected chi connectivity index (χ2v) is 5.66. The zero-order chi connectivity index (χ0) is 17.2. The predicted octanol–water partition coefficient (Wildman–Crippen LogP) is 2.47. The van der Waals surface area contributed by atoms with Crippen LogP contribution in [0.5, 0.6) is 0 Å². The van der Waals surface area contributed by atoms with E-state index in [1.165, 1.54) is 0 Å². The predicted molar refractivity (Wildman–Crippen MR) is 93.8 cm³/mol. The van der Waals surface area contributed by atoms with Crippen molar-refractivity contribution in [1.82, 2.24) is 15.3 Å². The van der Waals surface area contributed by atoms with Gasteiger partial charge in [-0.1, -0.05) is 43.7 Å². The van der Waals surface area contributed by atoms with Crippen LogP contribution in [0.4, 0.5) is 5.95 Å². The molecule has 0 aliphatic carbocycles. The molecule has 0 saturated carbocycles. The molecule has 0 aliphatic rings. The molecule has 0 bridgehead atoms. The molecule has 6 nitrogen and oxygen atoms in total. The molecule has 0 aliphatic heterocycles. The normalized spacial score (nSPS) is 11.9. The van der Waals surface area contributed by atoms with Gasteiger partial charge in [0.1, 0.15) is 6.04 Å². The Labute approximate surface area is 142 Å². The smallest absolute Gasteiger partial charge is 0.321 e. The maximum atomic E-state index is 11.4. The maximum absolute atomic E-state index is 11.4. The first-order valence-corrected chi connectivity index (χ1v) is 8.24. The fraction of sp³-hybridized carbons (Fsp3) is 0.389. The van der Waals surface area contributed by atoms with Gasteiger partial charge in [-0.25, -0.2) is 9.97 Å². The molecular formula is C18H24N4O2. The van der Waals surface area contributed by atoms with Crippen molar-refractivity contribution in [2.45, 2.75) is 38.8 Å². The van der Waals surface area contributed by atoms with Gasteiger partial charge in [0.15, 0.2) is 0 Å². The average molecular weight is 328 g/mol. The molecule has 0 fully saturated rings. The van der Waals surface area contributed by atoms with Crippen molar-refractivity contribution < 1.29 is 9.90 Å². The van der Waals surface area contributed by atoms with Gasteiger partial charge in [-0.05, 0) is 18.4 Å². The Balaban J connectivity index is 1.86. The van der Waals surface area contributed by atoms with E-state index >= 15 is 0 Å². The van der Waals surface area contributed by atoms with Crippen molar-refractivity contribution in [1.29, 1.82) is 0 Å². The molecule has 0 spiro atoms. The summed E-state index contributed by atoms with van der Waals surface area (Å²) in [6.45, 7) is 3.40. The molecule has 128 valence electrons. The third-order valence-electron chi connectivity index (χ3n) is 3.65. The van der Waals surface area contributed by atoms with Gasteiger partial charge in [0.25, 0.3) is 0 Å². The summed E-state index contributed by atoms with van der Waals surface area (Å²) in [5.74, 6) is -0.260. The van der Waals surface area contributed by atoms with Gasteiger partial charge in [0.05, 0.1) is 0 Å². The minimum atomic E-state index is -0.863. The Bertz CT molecular complexity index is 617. The van der Waals surface area contributed by atoms with Crippen molar-refractivity contribution in [3.8, 4) is 0 Å². The molecule has 6 heteroatoms. The van der Waals surface area contributed by atoms with Crippen LogP contribution in [0.2, 0.25) is 0 Å². The molecule has 1 aromatic carbocycles. The number of aromatic nitrogens is 2. The van der Waals surface area contributed by atoms with Crippen LogP contribution in [0.1, 0.15) is 30.9 Å². The number of hydrogen-bond acceptors (Lipinski definition) is 5. The van der Waals surface area contributed by atoms with Crippen molar-refractivity contribution in [3.05, 3.63) is 53.9 Å². The van der Waals surface area contributed by atoms with Crippen LogP contribution in [-0.4, -0.2) is 33.6 Å². The number of nitrogens with one attached hydrogen (secondary N) is 2. The molecule has 0 unspecified atom stereocenters. The lowest BCUT2D eigenvalue weighted by Crippen LogP contribution is -2.38. The minimum absolute atomic E-state index is 0.416. The number of carbonyl (C=O) groups is 1. The fourth-order valence-corrected chi connectivity index (χ4v) is 2.25. The largest absolute Gasteiger partial charge is 0.480 e. The van der Waals surface area contributed by atoms with Gasteiger partial charge in [-0.2, -0.15) is 0 Å². The molecular weight excluding hydrogens is 304 g/mol. The monoisotopic (exact) mass is 328 g/mol. The van der Waals surface area contributed by atoms with Crippen molar-refractivity contribution in [3.63, 3.8) is 0 Å². The number of rotatable bonds is 10. The van der Waals surface area contributed by atoms with E-state index in [9.17, 15) is 9.90 Å². The molecule has 1 aromatic heterocycles. The molecule has 1 atom stereocenters. The second-order valence-electron chi connectivity index (χ2n) is 5.66. The highest BCUT2D eigenvalue weighted by Gasteiger charge is 2.17. The second kappa shape index (κ2) is 9.62. The number of carboxylic acids is 1. The van der Waals surface area contributed by atoms with Gasteiger partial charge in [0, 0.05) is 31.0 Å². The van der Waals surface area contributed by atoms with E-state index in [0.717, 1.165) is 30.5 Å². The summed E-state index contributed by atoms with van der Waals surface area (Å²) in [6, 6.07) is 8.95. The third kappa shape index (κ3) is 5.96. The number of anilines is 1. The van der Waals surface area contributed by atoms with Gasteiger partial charge >= 0.3 is 5.97 Å². The summed E-state index contributed by atoms with van der Waals surface area (Å²) in [7, 11) is 0. The first-order valence-electron chi connectivity index (χ1n) is 8.24. The van der Waals surface area contributed by atoms with Crippen LogP contribution in [0.3, 0.4) is 0 Å². The van der Waals surface area contributed by atoms with E-state index in [1.807, 2.05) is 30.3 Å². The standard InChI is InChI=1S/C18H24N4O2/c1-2-3-9-19-18-21-12-15(13-22-18)11-20-16(17(23)24)10-14-7-5-4-6-8-14/h4-8,12-13,16,20H,2-3,9-11H2,1H3,(H,23,24)(H,19,21,22)/t16-/m1/s1. The number of hydrogen-bond donors (Lipinski definition) is 3. The van der Waals surface area contributed by atoms with Crippen LogP contribution in [0, 0.1) is 0 Å². The Morgan fingerprint density at radius 3 is 2.50 bits per heavy atom. The first-order chi connectivity index (χ1) is 11.7. The molecule has 2 aromatic rings. The van der Waals surface area contributed by atoms with Crippen LogP contribution in [-0.2, 0) is 17.8 Å². The van der Waals surface area contributed by atoms with Crippen LogP contribution in [0.15, 0.2) is 42.7 Å². The van der Waals surface area contributed by atoms with Crippen LogP contribution in [0.25, 0.3) is 0 Å². The highest BCUT2D eigenvalue weighted by Crippen LogP contribution is 2.06. The summed E-state index contributed by atoms with van der Waals surface area (Å²) in [5.41, 5.74) is 1.85. The van der Waals surface area contributed by atoms with E-state index in [4.69, 9.17) is 0 Å². The molecule has 0 amide bonds. The zero-order valence-electron chi connectivity index (χ0n) is 13.9. The van der Waals surface area contributed by atoms with Gasteiger partial charge < -0.3 is 10.4 Å². The van der Waals surface area contributed by atoms with E-state index in [-0.39, 0.29) is 0 Å². The van der Waals surface area contributed by atoms with E-state index in [1.54, 1.807) is 12.4 Å². The number of carboxylic acid groups (broad SMARTS) is 1. The molecule has 1 heterocycles. The SMILES string of the molecule is CCCCNc1ncc(CN[C@H](Cc2ccccc2)C(=O)O)cn1. The number of benzene rings is 1. The number of unbranched alkanes of at least 4 members (excludes halogenated alkanes) is 1. The quantitative estimate of drug-likeness (QED) is 0.581. The van der Waals surface area contributed by atoms with Gasteiger partial charge in [-0.3, -0.25) is 10.1 Å². The van der Waals surface area contributed by atoms with E-state index in [2.05, 4.69) is 27.5 Å². The first kappa shape index (κ1) is 17.9. The van der Waals surface area contributed by atoms with E-state index < -0.39 is 12.0 Å².